The second-order valence-electron chi connectivity index (χ2n) is 6.43. The number of imidazole rings is 1. The van der Waals surface area contributed by atoms with E-state index in [-0.39, 0.29) is 6.04 Å². The summed E-state index contributed by atoms with van der Waals surface area (Å²) in [5.74, 6) is 1.85. The second kappa shape index (κ2) is 5.43. The minimum absolute atomic E-state index is 0.253. The van der Waals surface area contributed by atoms with E-state index in [0.717, 1.165) is 18.2 Å². The summed E-state index contributed by atoms with van der Waals surface area (Å²) in [5, 5.41) is 0. The molecule has 1 unspecified atom stereocenters. The van der Waals surface area contributed by atoms with Gasteiger partial charge in [0.25, 0.3) is 0 Å². The van der Waals surface area contributed by atoms with Gasteiger partial charge in [0.1, 0.15) is 5.82 Å². The van der Waals surface area contributed by atoms with Crippen molar-refractivity contribution in [1.82, 2.24) is 9.55 Å². The van der Waals surface area contributed by atoms with E-state index in [4.69, 9.17) is 5.73 Å². The Kier molecular flexibility index (Phi) is 4.10. The fourth-order valence-electron chi connectivity index (χ4n) is 3.62. The summed E-state index contributed by atoms with van der Waals surface area (Å²) in [4.78, 5) is 4.42. The van der Waals surface area contributed by atoms with Gasteiger partial charge in [0.2, 0.25) is 0 Å². The van der Waals surface area contributed by atoms with Crippen LogP contribution in [0.5, 0.6) is 0 Å². The van der Waals surface area contributed by atoms with Gasteiger partial charge in [0.05, 0.1) is 0 Å². The zero-order valence-corrected chi connectivity index (χ0v) is 12.0. The van der Waals surface area contributed by atoms with Crippen LogP contribution in [-0.2, 0) is 13.5 Å². The van der Waals surface area contributed by atoms with Gasteiger partial charge in [0.15, 0.2) is 0 Å². The van der Waals surface area contributed by atoms with E-state index in [1.165, 1.54) is 32.1 Å². The quantitative estimate of drug-likeness (QED) is 0.872. The van der Waals surface area contributed by atoms with Gasteiger partial charge < -0.3 is 10.3 Å². The number of nitrogens with zero attached hydrogens (tertiary/aromatic N) is 2. The molecule has 0 aliphatic heterocycles. The highest BCUT2D eigenvalue weighted by atomic mass is 15.0. The Morgan fingerprint density at radius 1 is 1.39 bits per heavy atom. The first kappa shape index (κ1) is 13.6. The molecular weight excluding hydrogens is 222 g/mol. The van der Waals surface area contributed by atoms with Crippen molar-refractivity contribution in [2.45, 2.75) is 58.4 Å². The highest BCUT2D eigenvalue weighted by Crippen LogP contribution is 2.45. The molecule has 2 rings (SSSR count). The van der Waals surface area contributed by atoms with E-state index in [9.17, 15) is 0 Å². The molecule has 1 aromatic heterocycles. The highest BCUT2D eigenvalue weighted by Gasteiger charge is 2.40. The predicted molar refractivity (Wildman–Crippen MR) is 75.2 cm³/mol. The molecule has 3 nitrogen and oxygen atoms in total. The Labute approximate surface area is 111 Å². The topological polar surface area (TPSA) is 43.8 Å². The van der Waals surface area contributed by atoms with Crippen molar-refractivity contribution < 1.29 is 0 Å². The Morgan fingerprint density at radius 3 is 2.56 bits per heavy atom. The van der Waals surface area contributed by atoms with Gasteiger partial charge in [-0.15, -0.1) is 0 Å². The molecule has 1 fully saturated rings. The van der Waals surface area contributed by atoms with Crippen LogP contribution < -0.4 is 5.73 Å². The molecule has 3 heteroatoms. The van der Waals surface area contributed by atoms with Gasteiger partial charge in [-0.2, -0.15) is 0 Å². The lowest BCUT2D eigenvalue weighted by molar-refractivity contribution is 0.179. The Morgan fingerprint density at radius 2 is 2.06 bits per heavy atom. The Bertz CT molecular complexity index is 375. The lowest BCUT2D eigenvalue weighted by Gasteiger charge is -2.37. The summed E-state index contributed by atoms with van der Waals surface area (Å²) >= 11 is 0. The molecule has 0 saturated heterocycles. The Hall–Kier alpha value is -0.830. The third kappa shape index (κ3) is 2.77. The van der Waals surface area contributed by atoms with Gasteiger partial charge in [0, 0.05) is 31.9 Å². The number of aromatic nitrogens is 2. The molecule has 18 heavy (non-hydrogen) atoms. The first-order valence-corrected chi connectivity index (χ1v) is 7.25. The lowest BCUT2D eigenvalue weighted by Crippen LogP contribution is -2.43. The average Bonchev–Trinajstić information content (AvgIpc) is 2.89. The first-order valence-electron chi connectivity index (χ1n) is 7.25. The van der Waals surface area contributed by atoms with Crippen LogP contribution >= 0.6 is 0 Å². The third-order valence-corrected chi connectivity index (χ3v) is 4.52. The van der Waals surface area contributed by atoms with E-state index in [0.29, 0.717) is 5.41 Å². The van der Waals surface area contributed by atoms with E-state index in [2.05, 4.69) is 30.4 Å². The highest BCUT2D eigenvalue weighted by molar-refractivity contribution is 5.01. The molecule has 0 amide bonds. The third-order valence-electron chi connectivity index (χ3n) is 4.52. The molecule has 1 atom stereocenters. The summed E-state index contributed by atoms with van der Waals surface area (Å²) in [6.45, 7) is 4.63. The van der Waals surface area contributed by atoms with Crippen LogP contribution in [0.2, 0.25) is 0 Å². The van der Waals surface area contributed by atoms with Gasteiger partial charge in [-0.25, -0.2) is 4.98 Å². The van der Waals surface area contributed by atoms with E-state index in [1.807, 2.05) is 12.4 Å². The fourth-order valence-corrected chi connectivity index (χ4v) is 3.62. The van der Waals surface area contributed by atoms with Crippen LogP contribution in [0.4, 0.5) is 0 Å². The maximum absolute atomic E-state index is 6.57. The molecule has 0 bridgehead atoms. The zero-order chi connectivity index (χ0) is 13.2. The Balaban J connectivity index is 2.09. The average molecular weight is 249 g/mol. The molecule has 0 radical (unpaired) electrons. The molecule has 0 spiro atoms. The second-order valence-corrected chi connectivity index (χ2v) is 6.43. The standard InChI is InChI=1S/C15H27N3/c1-12(2)11-15(6-4-5-7-15)13(16)10-14-17-8-9-18(14)3/h8-9,12-13H,4-7,10-11,16H2,1-3H3. The number of rotatable bonds is 5. The van der Waals surface area contributed by atoms with E-state index >= 15 is 0 Å². The van der Waals surface area contributed by atoms with Crippen molar-refractivity contribution in [2.24, 2.45) is 24.1 Å². The van der Waals surface area contributed by atoms with Crippen LogP contribution in [0.15, 0.2) is 12.4 Å². The normalized spacial score (nSPS) is 20.5. The maximum atomic E-state index is 6.57. The summed E-state index contributed by atoms with van der Waals surface area (Å²) in [6, 6.07) is 0.253. The number of hydrogen-bond donors (Lipinski definition) is 1. The van der Waals surface area contributed by atoms with E-state index in [1.54, 1.807) is 0 Å². The molecule has 1 aliphatic carbocycles. The van der Waals surface area contributed by atoms with Crippen molar-refractivity contribution in [1.29, 1.82) is 0 Å². The number of aryl methyl sites for hydroxylation is 1. The van der Waals surface area contributed by atoms with Crippen LogP contribution in [0.1, 0.15) is 51.8 Å². The predicted octanol–water partition coefficient (Wildman–Crippen LogP) is 2.90. The SMILES string of the molecule is CC(C)CC1(C(N)Cc2nccn2C)CCCC1. The largest absolute Gasteiger partial charge is 0.338 e. The summed E-state index contributed by atoms with van der Waals surface area (Å²) in [6.07, 6.45) is 11.3. The molecule has 1 heterocycles. The van der Waals surface area contributed by atoms with Crippen molar-refractivity contribution in [3.63, 3.8) is 0 Å². The van der Waals surface area contributed by atoms with Crippen LogP contribution in [0.3, 0.4) is 0 Å². The van der Waals surface area contributed by atoms with E-state index < -0.39 is 0 Å². The molecule has 1 aromatic rings. The minimum atomic E-state index is 0.253. The fraction of sp³-hybridized carbons (Fsp3) is 0.800. The van der Waals surface area contributed by atoms with Gasteiger partial charge in [-0.1, -0.05) is 26.7 Å². The van der Waals surface area contributed by atoms with Gasteiger partial charge in [-0.3, -0.25) is 0 Å². The lowest BCUT2D eigenvalue weighted by atomic mass is 9.72. The summed E-state index contributed by atoms with van der Waals surface area (Å²) < 4.78 is 2.10. The molecule has 2 N–H and O–H groups in total. The first-order chi connectivity index (χ1) is 8.53. The molecular formula is C15H27N3. The monoisotopic (exact) mass is 249 g/mol. The molecule has 1 aliphatic rings. The van der Waals surface area contributed by atoms with Crippen molar-refractivity contribution in [3.05, 3.63) is 18.2 Å². The number of nitrogens with two attached hydrogens (primary N) is 1. The maximum Gasteiger partial charge on any atom is 0.109 e. The van der Waals surface area contributed by atoms with Crippen LogP contribution in [-0.4, -0.2) is 15.6 Å². The molecule has 0 aromatic carbocycles. The number of hydrogen-bond acceptors (Lipinski definition) is 2. The van der Waals surface area contributed by atoms with Crippen LogP contribution in [0.25, 0.3) is 0 Å². The smallest absolute Gasteiger partial charge is 0.109 e. The van der Waals surface area contributed by atoms with Gasteiger partial charge >= 0.3 is 0 Å². The van der Waals surface area contributed by atoms with Crippen molar-refractivity contribution >= 4 is 0 Å². The summed E-state index contributed by atoms with van der Waals surface area (Å²) in [7, 11) is 2.05. The zero-order valence-electron chi connectivity index (χ0n) is 12.0. The van der Waals surface area contributed by atoms with Gasteiger partial charge in [-0.05, 0) is 30.6 Å². The van der Waals surface area contributed by atoms with Crippen molar-refractivity contribution in [3.8, 4) is 0 Å². The molecule has 102 valence electrons. The minimum Gasteiger partial charge on any atom is -0.338 e. The molecule has 1 saturated carbocycles. The van der Waals surface area contributed by atoms with Crippen molar-refractivity contribution in [2.75, 3.05) is 0 Å². The summed E-state index contributed by atoms with van der Waals surface area (Å²) in [5.41, 5.74) is 6.93. The van der Waals surface area contributed by atoms with Crippen LogP contribution in [0, 0.1) is 11.3 Å².